The number of anilines is 1. The molecule has 0 saturated heterocycles. The maximum Gasteiger partial charge on any atom is 0.276 e. The van der Waals surface area contributed by atoms with Crippen molar-refractivity contribution in [2.45, 2.75) is 6.92 Å². The maximum atomic E-state index is 12.8. The summed E-state index contributed by atoms with van der Waals surface area (Å²) in [5.41, 5.74) is 2.81. The monoisotopic (exact) mass is 389 g/mol. The van der Waals surface area contributed by atoms with E-state index in [2.05, 4.69) is 20.4 Å². The summed E-state index contributed by atoms with van der Waals surface area (Å²) in [5.74, 6) is 0.861. The fraction of sp³-hybridized carbons (Fsp3) is 0.143. The lowest BCUT2D eigenvalue weighted by atomic mass is 10.1. The summed E-state index contributed by atoms with van der Waals surface area (Å²) in [7, 11) is 1.55. The number of rotatable bonds is 6. The minimum atomic E-state index is -0.352. The number of benzene rings is 1. The van der Waals surface area contributed by atoms with Crippen LogP contribution in [-0.4, -0.2) is 39.2 Å². The van der Waals surface area contributed by atoms with E-state index in [0.29, 0.717) is 29.5 Å². The molecule has 1 aromatic carbocycles. The van der Waals surface area contributed by atoms with Gasteiger partial charge in [0, 0.05) is 30.1 Å². The van der Waals surface area contributed by atoms with Crippen LogP contribution in [-0.2, 0) is 0 Å². The Labute approximate surface area is 167 Å². The van der Waals surface area contributed by atoms with Crippen molar-refractivity contribution in [3.63, 3.8) is 0 Å². The number of nitrogens with one attached hydrogen (secondary N) is 1. The lowest BCUT2D eigenvalue weighted by molar-refractivity contribution is 0.102. The molecule has 1 N–H and O–H groups in total. The Morgan fingerprint density at radius 3 is 2.72 bits per heavy atom. The fourth-order valence-electron chi connectivity index (χ4n) is 2.88. The lowest BCUT2D eigenvalue weighted by Crippen LogP contribution is -2.14. The Hall–Kier alpha value is -3.94. The van der Waals surface area contributed by atoms with Crippen molar-refractivity contribution in [1.82, 2.24) is 19.6 Å². The number of hydrogen-bond acceptors (Lipinski definition) is 6. The number of ether oxygens (including phenoxy) is 2. The Morgan fingerprint density at radius 2 is 2.00 bits per heavy atom. The summed E-state index contributed by atoms with van der Waals surface area (Å²) >= 11 is 0. The highest BCUT2D eigenvalue weighted by molar-refractivity contribution is 6.05. The van der Waals surface area contributed by atoms with Gasteiger partial charge in [-0.05, 0) is 43.3 Å². The molecule has 0 atom stereocenters. The standard InChI is InChI=1S/C21H19N5O3/c1-3-29-15-7-5-14(6-8-15)20-16(9-10-19(24-20)28-2)23-21(27)17-13-18-22-11-4-12-26(18)25-17/h4-13H,3H2,1-2H3,(H,23,27). The SMILES string of the molecule is CCOc1ccc(-c2nc(OC)ccc2NC(=O)c2cc3ncccn3n2)cc1. The molecular weight excluding hydrogens is 370 g/mol. The molecule has 4 aromatic rings. The van der Waals surface area contributed by atoms with Crippen LogP contribution >= 0.6 is 0 Å². The second-order valence-electron chi connectivity index (χ2n) is 6.11. The van der Waals surface area contributed by atoms with Gasteiger partial charge in [0.05, 0.1) is 25.1 Å². The summed E-state index contributed by atoms with van der Waals surface area (Å²) in [4.78, 5) is 21.5. The molecule has 3 heterocycles. The van der Waals surface area contributed by atoms with E-state index in [1.54, 1.807) is 48.3 Å². The molecular formula is C21H19N5O3. The number of hydrogen-bond donors (Lipinski definition) is 1. The fourth-order valence-corrected chi connectivity index (χ4v) is 2.88. The topological polar surface area (TPSA) is 90.6 Å². The number of carbonyl (C=O) groups excluding carboxylic acids is 1. The largest absolute Gasteiger partial charge is 0.494 e. The predicted octanol–water partition coefficient (Wildman–Crippen LogP) is 3.45. The van der Waals surface area contributed by atoms with Gasteiger partial charge in [-0.15, -0.1) is 0 Å². The van der Waals surface area contributed by atoms with Crippen LogP contribution in [0.3, 0.4) is 0 Å². The zero-order chi connectivity index (χ0) is 20.2. The van der Waals surface area contributed by atoms with Gasteiger partial charge in [0.1, 0.15) is 5.75 Å². The first-order valence-corrected chi connectivity index (χ1v) is 9.08. The quantitative estimate of drug-likeness (QED) is 0.543. The Morgan fingerprint density at radius 1 is 1.17 bits per heavy atom. The third kappa shape index (κ3) is 3.86. The number of pyridine rings is 1. The van der Waals surface area contributed by atoms with Crippen molar-refractivity contribution in [3.05, 3.63) is 66.6 Å². The molecule has 29 heavy (non-hydrogen) atoms. The lowest BCUT2D eigenvalue weighted by Gasteiger charge is -2.12. The summed E-state index contributed by atoms with van der Waals surface area (Å²) < 4.78 is 12.3. The van der Waals surface area contributed by atoms with Crippen molar-refractivity contribution < 1.29 is 14.3 Å². The molecule has 4 rings (SSSR count). The maximum absolute atomic E-state index is 12.8. The Kier molecular flexibility index (Phi) is 5.07. The van der Waals surface area contributed by atoms with E-state index < -0.39 is 0 Å². The van der Waals surface area contributed by atoms with Gasteiger partial charge in [-0.25, -0.2) is 14.5 Å². The van der Waals surface area contributed by atoms with E-state index >= 15 is 0 Å². The number of fused-ring (bicyclic) bond motifs is 1. The zero-order valence-electron chi connectivity index (χ0n) is 16.0. The predicted molar refractivity (Wildman–Crippen MR) is 108 cm³/mol. The number of amides is 1. The first-order chi connectivity index (χ1) is 14.2. The number of nitrogens with zero attached hydrogens (tertiary/aromatic N) is 4. The van der Waals surface area contributed by atoms with Crippen LogP contribution in [0.1, 0.15) is 17.4 Å². The number of methoxy groups -OCH3 is 1. The van der Waals surface area contributed by atoms with Crippen molar-refractivity contribution >= 4 is 17.2 Å². The molecule has 8 nitrogen and oxygen atoms in total. The highest BCUT2D eigenvalue weighted by Crippen LogP contribution is 2.30. The molecule has 1 amide bonds. The van der Waals surface area contributed by atoms with Gasteiger partial charge in [0.15, 0.2) is 11.3 Å². The molecule has 146 valence electrons. The molecule has 0 saturated carbocycles. The van der Waals surface area contributed by atoms with Crippen molar-refractivity contribution in [2.75, 3.05) is 19.0 Å². The van der Waals surface area contributed by atoms with Crippen LogP contribution in [0.15, 0.2) is 60.9 Å². The van der Waals surface area contributed by atoms with E-state index in [9.17, 15) is 4.79 Å². The second kappa shape index (κ2) is 7.97. The molecule has 0 fully saturated rings. The van der Waals surface area contributed by atoms with E-state index in [1.165, 1.54) is 0 Å². The van der Waals surface area contributed by atoms with Crippen LogP contribution in [0.2, 0.25) is 0 Å². The van der Waals surface area contributed by atoms with Crippen molar-refractivity contribution in [2.24, 2.45) is 0 Å². The first kappa shape index (κ1) is 18.4. The molecule has 0 aliphatic carbocycles. The third-order valence-corrected chi connectivity index (χ3v) is 4.23. The summed E-state index contributed by atoms with van der Waals surface area (Å²) in [5, 5.41) is 7.14. The average molecular weight is 389 g/mol. The number of aromatic nitrogens is 4. The molecule has 0 spiro atoms. The van der Waals surface area contributed by atoms with Gasteiger partial charge in [-0.2, -0.15) is 5.10 Å². The smallest absolute Gasteiger partial charge is 0.276 e. The van der Waals surface area contributed by atoms with Crippen molar-refractivity contribution in [1.29, 1.82) is 0 Å². The summed E-state index contributed by atoms with van der Waals surface area (Å²) in [6.45, 7) is 2.52. The molecule has 0 aliphatic heterocycles. The van der Waals surface area contributed by atoms with Crippen LogP contribution in [0, 0.1) is 0 Å². The first-order valence-electron chi connectivity index (χ1n) is 9.08. The highest BCUT2D eigenvalue weighted by Gasteiger charge is 2.16. The van der Waals surface area contributed by atoms with Gasteiger partial charge in [0.2, 0.25) is 5.88 Å². The molecule has 0 aliphatic rings. The van der Waals surface area contributed by atoms with Crippen LogP contribution in [0.5, 0.6) is 11.6 Å². The molecule has 8 heteroatoms. The van der Waals surface area contributed by atoms with Gasteiger partial charge in [-0.1, -0.05) is 0 Å². The van der Waals surface area contributed by atoms with E-state index in [0.717, 1.165) is 11.3 Å². The van der Waals surface area contributed by atoms with Crippen LogP contribution < -0.4 is 14.8 Å². The Balaban J connectivity index is 1.66. The van der Waals surface area contributed by atoms with Crippen molar-refractivity contribution in [3.8, 4) is 22.9 Å². The minimum absolute atomic E-state index is 0.261. The van der Waals surface area contributed by atoms with E-state index in [-0.39, 0.29) is 11.6 Å². The van der Waals surface area contributed by atoms with Gasteiger partial charge in [-0.3, -0.25) is 4.79 Å². The van der Waals surface area contributed by atoms with E-state index in [1.807, 2.05) is 31.2 Å². The van der Waals surface area contributed by atoms with Gasteiger partial charge >= 0.3 is 0 Å². The Bertz CT molecular complexity index is 1120. The number of carbonyl (C=O) groups is 1. The molecule has 3 aromatic heterocycles. The summed E-state index contributed by atoms with van der Waals surface area (Å²) in [6.07, 6.45) is 3.38. The average Bonchev–Trinajstić information content (AvgIpc) is 3.19. The van der Waals surface area contributed by atoms with E-state index in [4.69, 9.17) is 9.47 Å². The van der Waals surface area contributed by atoms with Crippen LogP contribution in [0.4, 0.5) is 5.69 Å². The van der Waals surface area contributed by atoms with Gasteiger partial charge < -0.3 is 14.8 Å². The third-order valence-electron chi connectivity index (χ3n) is 4.23. The normalized spacial score (nSPS) is 10.7. The second-order valence-corrected chi connectivity index (χ2v) is 6.11. The molecule has 0 unspecified atom stereocenters. The van der Waals surface area contributed by atoms with Crippen LogP contribution in [0.25, 0.3) is 16.9 Å². The minimum Gasteiger partial charge on any atom is -0.494 e. The molecule has 0 radical (unpaired) electrons. The zero-order valence-corrected chi connectivity index (χ0v) is 16.0. The summed E-state index contributed by atoms with van der Waals surface area (Å²) in [6, 6.07) is 14.3. The molecule has 0 bridgehead atoms. The van der Waals surface area contributed by atoms with Gasteiger partial charge in [0.25, 0.3) is 5.91 Å². The highest BCUT2D eigenvalue weighted by atomic mass is 16.5.